The van der Waals surface area contributed by atoms with Gasteiger partial charge >= 0.3 is 5.97 Å². The minimum Gasteiger partial charge on any atom is -0.480 e. The largest absolute Gasteiger partial charge is 0.480 e. The Balaban J connectivity index is 5.39. The summed E-state index contributed by atoms with van der Waals surface area (Å²) >= 11 is 0. The monoisotopic (exact) mass is 444 g/mol. The molecule has 0 aliphatic carbocycles. The lowest BCUT2D eigenvalue weighted by Crippen LogP contribution is -2.59. The van der Waals surface area contributed by atoms with E-state index in [1.165, 1.54) is 6.92 Å². The zero-order valence-electron chi connectivity index (χ0n) is 17.8. The number of nitrogens with one attached hydrogen (secondary N) is 3. The highest BCUT2D eigenvalue weighted by atomic mass is 16.4. The van der Waals surface area contributed by atoms with Crippen LogP contribution in [0.25, 0.3) is 0 Å². The fraction of sp³-hybridized carbons (Fsp3) is 0.667. The van der Waals surface area contributed by atoms with Gasteiger partial charge in [-0.1, -0.05) is 20.3 Å². The molecular formula is C18H32N6O7. The Hall–Kier alpha value is -3.22. The van der Waals surface area contributed by atoms with E-state index in [9.17, 15) is 28.8 Å². The summed E-state index contributed by atoms with van der Waals surface area (Å²) in [6, 6.07) is -4.92. The number of amides is 5. The summed E-state index contributed by atoms with van der Waals surface area (Å²) in [7, 11) is 0. The van der Waals surface area contributed by atoms with Gasteiger partial charge in [-0.15, -0.1) is 0 Å². The van der Waals surface area contributed by atoms with E-state index in [4.69, 9.17) is 22.3 Å². The molecule has 13 nitrogen and oxygen atoms in total. The number of aliphatic carboxylic acids is 1. The maximum atomic E-state index is 12.7. The van der Waals surface area contributed by atoms with E-state index in [1.807, 2.05) is 0 Å². The summed E-state index contributed by atoms with van der Waals surface area (Å²) in [5, 5.41) is 15.9. The number of hydrogen-bond acceptors (Lipinski definition) is 7. The molecule has 0 aromatic rings. The van der Waals surface area contributed by atoms with Crippen LogP contribution in [0.5, 0.6) is 0 Å². The predicted octanol–water partition coefficient (Wildman–Crippen LogP) is -2.94. The number of rotatable bonds is 14. The summed E-state index contributed by atoms with van der Waals surface area (Å²) in [4.78, 5) is 70.6. The van der Waals surface area contributed by atoms with Crippen LogP contribution in [0.1, 0.15) is 46.5 Å². The highest BCUT2D eigenvalue weighted by molar-refractivity contribution is 5.96. The zero-order chi connectivity index (χ0) is 24.3. The highest BCUT2D eigenvalue weighted by Crippen LogP contribution is 2.09. The van der Waals surface area contributed by atoms with Gasteiger partial charge < -0.3 is 38.3 Å². The number of carbonyl (C=O) groups excluding carboxylic acids is 5. The van der Waals surface area contributed by atoms with E-state index in [1.54, 1.807) is 13.8 Å². The molecule has 0 radical (unpaired) electrons. The van der Waals surface area contributed by atoms with Crippen LogP contribution in [0.3, 0.4) is 0 Å². The van der Waals surface area contributed by atoms with Crippen molar-refractivity contribution in [2.45, 2.75) is 70.6 Å². The van der Waals surface area contributed by atoms with Gasteiger partial charge in [0, 0.05) is 6.42 Å². The van der Waals surface area contributed by atoms with E-state index in [0.717, 1.165) is 0 Å². The van der Waals surface area contributed by atoms with E-state index < -0.39 is 72.0 Å². The fourth-order valence-electron chi connectivity index (χ4n) is 2.44. The number of carbonyl (C=O) groups is 6. The van der Waals surface area contributed by atoms with Crippen molar-refractivity contribution in [3.8, 4) is 0 Å². The lowest BCUT2D eigenvalue weighted by molar-refractivity contribution is -0.142. The lowest BCUT2D eigenvalue weighted by Gasteiger charge is -2.27. The first-order valence-corrected chi connectivity index (χ1v) is 9.76. The molecule has 0 bridgehead atoms. The van der Waals surface area contributed by atoms with Gasteiger partial charge in [0.25, 0.3) is 0 Å². The summed E-state index contributed by atoms with van der Waals surface area (Å²) in [5.74, 6) is -5.63. The molecule has 5 atom stereocenters. The first-order valence-electron chi connectivity index (χ1n) is 9.76. The van der Waals surface area contributed by atoms with Crippen LogP contribution >= 0.6 is 0 Å². The maximum Gasteiger partial charge on any atom is 0.325 e. The van der Waals surface area contributed by atoms with Crippen molar-refractivity contribution in [2.75, 3.05) is 0 Å². The Labute approximate surface area is 179 Å². The van der Waals surface area contributed by atoms with E-state index >= 15 is 0 Å². The van der Waals surface area contributed by atoms with Gasteiger partial charge in [0.05, 0.1) is 12.5 Å². The Kier molecular flexibility index (Phi) is 11.8. The Bertz CT molecular complexity index is 699. The quantitative estimate of drug-likeness (QED) is 0.146. The topological polar surface area (TPSA) is 237 Å². The summed E-state index contributed by atoms with van der Waals surface area (Å²) in [6.07, 6.45) is -0.332. The third kappa shape index (κ3) is 10.4. The molecule has 31 heavy (non-hydrogen) atoms. The predicted molar refractivity (Wildman–Crippen MR) is 109 cm³/mol. The summed E-state index contributed by atoms with van der Waals surface area (Å²) in [6.45, 7) is 4.69. The minimum atomic E-state index is -1.43. The van der Waals surface area contributed by atoms with Gasteiger partial charge in [-0.3, -0.25) is 28.8 Å². The molecular weight excluding hydrogens is 412 g/mol. The van der Waals surface area contributed by atoms with Crippen molar-refractivity contribution >= 4 is 35.5 Å². The van der Waals surface area contributed by atoms with E-state index in [-0.39, 0.29) is 12.8 Å². The van der Waals surface area contributed by atoms with Crippen LogP contribution in [0.15, 0.2) is 0 Å². The molecule has 0 aliphatic rings. The molecule has 0 fully saturated rings. The van der Waals surface area contributed by atoms with Crippen molar-refractivity contribution < 1.29 is 33.9 Å². The Morgan fingerprint density at radius 1 is 0.871 bits per heavy atom. The molecule has 0 spiro atoms. The maximum absolute atomic E-state index is 12.7. The molecule has 13 heteroatoms. The molecule has 0 rings (SSSR count). The molecule has 0 aromatic carbocycles. The first-order chi connectivity index (χ1) is 14.3. The van der Waals surface area contributed by atoms with Crippen LogP contribution < -0.4 is 33.2 Å². The molecule has 0 aromatic heterocycles. The Morgan fingerprint density at radius 2 is 1.45 bits per heavy atom. The van der Waals surface area contributed by atoms with Gasteiger partial charge in [-0.2, -0.15) is 0 Å². The standard InChI is InChI=1S/C18H32N6O7/c1-4-8(2)14(17(29)22-9(3)18(30)31)24-16(28)11(7-13(21)26)23-15(27)10(19)5-6-12(20)25/h8-11,14H,4-7,19H2,1-3H3,(H2,20,25)(H2,21,26)(H,22,29)(H,23,27)(H,24,28)(H,30,31). The van der Waals surface area contributed by atoms with Gasteiger partial charge in [-0.05, 0) is 19.3 Å². The van der Waals surface area contributed by atoms with Gasteiger partial charge in [0.1, 0.15) is 18.1 Å². The number of carboxylic acids is 1. The second-order valence-corrected chi connectivity index (χ2v) is 7.28. The van der Waals surface area contributed by atoms with Crippen molar-refractivity contribution in [3.05, 3.63) is 0 Å². The van der Waals surface area contributed by atoms with Crippen LogP contribution in [-0.2, 0) is 28.8 Å². The van der Waals surface area contributed by atoms with Crippen LogP contribution in [0.2, 0.25) is 0 Å². The zero-order valence-corrected chi connectivity index (χ0v) is 17.8. The van der Waals surface area contributed by atoms with E-state index in [2.05, 4.69) is 16.0 Å². The average molecular weight is 444 g/mol. The average Bonchev–Trinajstić information content (AvgIpc) is 2.67. The van der Waals surface area contributed by atoms with Crippen molar-refractivity contribution in [1.29, 1.82) is 0 Å². The molecule has 0 saturated carbocycles. The van der Waals surface area contributed by atoms with Gasteiger partial charge in [-0.25, -0.2) is 0 Å². The second kappa shape index (κ2) is 13.2. The third-order valence-electron chi connectivity index (χ3n) is 4.60. The van der Waals surface area contributed by atoms with Crippen LogP contribution in [-0.4, -0.2) is 64.8 Å². The summed E-state index contributed by atoms with van der Waals surface area (Å²) < 4.78 is 0. The van der Waals surface area contributed by atoms with Crippen molar-refractivity contribution in [3.63, 3.8) is 0 Å². The highest BCUT2D eigenvalue weighted by Gasteiger charge is 2.32. The second-order valence-electron chi connectivity index (χ2n) is 7.28. The number of nitrogens with two attached hydrogens (primary N) is 3. The number of carboxylic acid groups (broad SMARTS) is 1. The molecule has 0 heterocycles. The molecule has 5 amide bonds. The van der Waals surface area contributed by atoms with Gasteiger partial charge in [0.15, 0.2) is 0 Å². The normalized spacial score (nSPS) is 15.5. The smallest absolute Gasteiger partial charge is 0.325 e. The first kappa shape index (κ1) is 27.8. The van der Waals surface area contributed by atoms with Gasteiger partial charge in [0.2, 0.25) is 29.5 Å². The molecule has 0 aliphatic heterocycles. The van der Waals surface area contributed by atoms with Crippen molar-refractivity contribution in [2.24, 2.45) is 23.1 Å². The molecule has 176 valence electrons. The van der Waals surface area contributed by atoms with Crippen LogP contribution in [0.4, 0.5) is 0 Å². The van der Waals surface area contributed by atoms with E-state index in [0.29, 0.717) is 6.42 Å². The molecule has 10 N–H and O–H groups in total. The molecule has 5 unspecified atom stereocenters. The minimum absolute atomic E-state index is 0.0724. The molecule has 0 saturated heterocycles. The lowest BCUT2D eigenvalue weighted by atomic mass is 9.97. The summed E-state index contributed by atoms with van der Waals surface area (Å²) in [5.41, 5.74) is 15.8. The van der Waals surface area contributed by atoms with Crippen molar-refractivity contribution in [1.82, 2.24) is 16.0 Å². The van der Waals surface area contributed by atoms with Crippen LogP contribution in [0, 0.1) is 5.92 Å². The number of hydrogen-bond donors (Lipinski definition) is 7. The Morgan fingerprint density at radius 3 is 1.90 bits per heavy atom. The SMILES string of the molecule is CCC(C)C(NC(=O)C(CC(N)=O)NC(=O)C(N)CCC(N)=O)C(=O)NC(C)C(=O)O. The fourth-order valence-corrected chi connectivity index (χ4v) is 2.44. The number of primary amides is 2. The third-order valence-corrected chi connectivity index (χ3v) is 4.60.